The molecule has 0 atom stereocenters. The van der Waals surface area contributed by atoms with Crippen molar-refractivity contribution in [2.75, 3.05) is 0 Å². The molecule has 2 N–H and O–H groups in total. The summed E-state index contributed by atoms with van der Waals surface area (Å²) in [5.41, 5.74) is 5.02. The van der Waals surface area contributed by atoms with Gasteiger partial charge < -0.3 is 10.2 Å². The summed E-state index contributed by atoms with van der Waals surface area (Å²) in [6.45, 7) is 0. The van der Waals surface area contributed by atoms with Crippen molar-refractivity contribution in [1.82, 2.24) is 0 Å². The molecule has 0 spiro atoms. The molecule has 0 amide bonds. The second-order valence-electron chi connectivity index (χ2n) is 6.78. The van der Waals surface area contributed by atoms with Gasteiger partial charge in [0.25, 0.3) is 0 Å². The van der Waals surface area contributed by atoms with Crippen molar-refractivity contribution in [3.05, 3.63) is 129 Å². The van der Waals surface area contributed by atoms with Crippen LogP contribution in [-0.4, -0.2) is 10.2 Å². The third-order valence-electron chi connectivity index (χ3n) is 4.45. The maximum Gasteiger partial charge on any atom is 0.128 e. The Labute approximate surface area is 185 Å². The van der Waals surface area contributed by atoms with Crippen molar-refractivity contribution in [3.8, 4) is 11.5 Å². The van der Waals surface area contributed by atoms with Crippen LogP contribution in [0.4, 0.5) is 0 Å². The van der Waals surface area contributed by atoms with E-state index < -0.39 is 0 Å². The van der Waals surface area contributed by atoms with E-state index in [1.807, 2.05) is 60.7 Å². The van der Waals surface area contributed by atoms with E-state index >= 15 is 0 Å². The zero-order chi connectivity index (χ0) is 20.5. The van der Waals surface area contributed by atoms with Crippen molar-refractivity contribution >= 4 is 22.6 Å². The monoisotopic (exact) mass is 494 g/mol. The molecule has 0 fully saturated rings. The Morgan fingerprint density at radius 2 is 0.966 bits per heavy atom. The summed E-state index contributed by atoms with van der Waals surface area (Å²) in [7, 11) is 0. The Morgan fingerprint density at radius 3 is 1.48 bits per heavy atom. The molecule has 146 valence electrons. The highest BCUT2D eigenvalue weighted by atomic mass is 127. The summed E-state index contributed by atoms with van der Waals surface area (Å²) in [6.07, 6.45) is 1.83. The molecule has 4 aromatic rings. The van der Waals surface area contributed by atoms with Crippen LogP contribution in [0.3, 0.4) is 0 Å². The van der Waals surface area contributed by atoms with Crippen LogP contribution in [0.1, 0.15) is 22.3 Å². The van der Waals surface area contributed by atoms with Crippen molar-refractivity contribution in [1.29, 1.82) is 0 Å². The molecule has 2 nitrogen and oxygen atoms in total. The lowest BCUT2D eigenvalue weighted by atomic mass is 10.1. The Bertz CT molecular complexity index is 1010. The largest absolute Gasteiger partial charge is 0.508 e. The van der Waals surface area contributed by atoms with E-state index in [0.29, 0.717) is 11.5 Å². The van der Waals surface area contributed by atoms with E-state index in [-0.39, 0.29) is 0 Å². The highest BCUT2D eigenvalue weighted by molar-refractivity contribution is 14.1. The first-order valence-corrected chi connectivity index (χ1v) is 10.5. The summed E-state index contributed by atoms with van der Waals surface area (Å²) < 4.78 is 0.904. The van der Waals surface area contributed by atoms with E-state index in [9.17, 15) is 5.11 Å². The van der Waals surface area contributed by atoms with Crippen LogP contribution in [0.5, 0.6) is 11.5 Å². The first-order valence-electron chi connectivity index (χ1n) is 9.43. The highest BCUT2D eigenvalue weighted by Gasteiger charge is 2.00. The van der Waals surface area contributed by atoms with Crippen molar-refractivity contribution < 1.29 is 10.2 Å². The molecule has 0 bridgehead atoms. The predicted molar refractivity (Wildman–Crippen MR) is 127 cm³/mol. The molecule has 4 rings (SSSR count). The van der Waals surface area contributed by atoms with E-state index in [4.69, 9.17) is 5.11 Å². The lowest BCUT2D eigenvalue weighted by molar-refractivity contribution is 0.471. The molecular weight excluding hydrogens is 471 g/mol. The summed E-state index contributed by atoms with van der Waals surface area (Å²) in [6, 6.07) is 33.7. The molecule has 0 aliphatic heterocycles. The first-order chi connectivity index (χ1) is 14.1. The number of aromatic hydroxyl groups is 2. The molecule has 29 heavy (non-hydrogen) atoms. The van der Waals surface area contributed by atoms with Crippen LogP contribution in [-0.2, 0) is 12.8 Å². The van der Waals surface area contributed by atoms with Gasteiger partial charge in [0.1, 0.15) is 11.5 Å². The molecule has 0 saturated carbocycles. The lowest BCUT2D eigenvalue weighted by Gasteiger charge is -2.03. The van der Waals surface area contributed by atoms with Gasteiger partial charge in [0.2, 0.25) is 0 Å². The van der Waals surface area contributed by atoms with Gasteiger partial charge in [-0.1, -0.05) is 78.9 Å². The Morgan fingerprint density at radius 1 is 0.517 bits per heavy atom. The average Bonchev–Trinajstić information content (AvgIpc) is 2.75. The number of halogens is 1. The van der Waals surface area contributed by atoms with Crippen LogP contribution in [0.15, 0.2) is 103 Å². The van der Waals surface area contributed by atoms with Gasteiger partial charge in [0.05, 0.1) is 3.57 Å². The summed E-state index contributed by atoms with van der Waals surface area (Å²) in [5, 5.41) is 18.5. The molecule has 0 heterocycles. The number of phenolic OH excluding ortho intramolecular Hbond substituents is 2. The average molecular weight is 494 g/mol. The quantitative estimate of drug-likeness (QED) is 0.315. The number of benzene rings is 4. The van der Waals surface area contributed by atoms with E-state index in [0.717, 1.165) is 16.4 Å². The molecule has 3 heteroatoms. The van der Waals surface area contributed by atoms with E-state index in [2.05, 4.69) is 46.9 Å². The fourth-order valence-corrected chi connectivity index (χ4v) is 3.52. The highest BCUT2D eigenvalue weighted by Crippen LogP contribution is 2.21. The van der Waals surface area contributed by atoms with Gasteiger partial charge in [-0.3, -0.25) is 0 Å². The summed E-state index contributed by atoms with van der Waals surface area (Å²) in [4.78, 5) is 0. The number of rotatable bonds is 4. The van der Waals surface area contributed by atoms with Crippen LogP contribution in [0.2, 0.25) is 0 Å². The zero-order valence-corrected chi connectivity index (χ0v) is 18.2. The SMILES string of the molecule is Oc1ccc(Cc2ccccc2)cc1.Oc1ccc(Cc2ccccc2)cc1I. The van der Waals surface area contributed by atoms with Gasteiger partial charge in [0, 0.05) is 0 Å². The van der Waals surface area contributed by atoms with Crippen molar-refractivity contribution in [2.24, 2.45) is 0 Å². The molecule has 0 radical (unpaired) electrons. The molecule has 0 aliphatic rings. The molecule has 0 aliphatic carbocycles. The fourth-order valence-electron chi connectivity index (χ4n) is 2.94. The lowest BCUT2D eigenvalue weighted by Crippen LogP contribution is -1.88. The molecule has 0 aromatic heterocycles. The van der Waals surface area contributed by atoms with Gasteiger partial charge in [-0.25, -0.2) is 0 Å². The maximum absolute atomic E-state index is 9.40. The van der Waals surface area contributed by atoms with Crippen molar-refractivity contribution in [3.63, 3.8) is 0 Å². The van der Waals surface area contributed by atoms with E-state index in [1.165, 1.54) is 22.3 Å². The summed E-state index contributed by atoms with van der Waals surface area (Å²) in [5.74, 6) is 0.675. The smallest absolute Gasteiger partial charge is 0.128 e. The van der Waals surface area contributed by atoms with Crippen LogP contribution in [0, 0.1) is 3.57 Å². The minimum absolute atomic E-state index is 0.321. The standard InChI is InChI=1S/C13H11IO.C13H12O/c14-12-9-11(6-7-13(12)15)8-10-4-2-1-3-5-10;14-13-8-6-12(7-9-13)10-11-4-2-1-3-5-11/h1-7,9,15H,8H2;1-9,14H,10H2. The number of hydrogen-bond donors (Lipinski definition) is 2. The predicted octanol–water partition coefficient (Wildman–Crippen LogP) is 6.57. The third kappa shape index (κ3) is 6.95. The number of phenols is 2. The minimum atomic E-state index is 0.321. The molecule has 0 saturated heterocycles. The zero-order valence-electron chi connectivity index (χ0n) is 16.0. The topological polar surface area (TPSA) is 40.5 Å². The molecule has 0 unspecified atom stereocenters. The van der Waals surface area contributed by atoms with Crippen LogP contribution < -0.4 is 0 Å². The maximum atomic E-state index is 9.40. The Balaban J connectivity index is 0.000000166. The fraction of sp³-hybridized carbons (Fsp3) is 0.0769. The first kappa shape index (κ1) is 20.9. The van der Waals surface area contributed by atoms with Crippen LogP contribution >= 0.6 is 22.6 Å². The normalized spacial score (nSPS) is 10.1. The Kier molecular flexibility index (Phi) is 7.70. The molecule has 4 aromatic carbocycles. The minimum Gasteiger partial charge on any atom is -0.508 e. The second kappa shape index (κ2) is 10.7. The Hall–Kier alpha value is -2.79. The summed E-state index contributed by atoms with van der Waals surface area (Å²) >= 11 is 2.14. The van der Waals surface area contributed by atoms with Gasteiger partial charge in [-0.2, -0.15) is 0 Å². The van der Waals surface area contributed by atoms with Gasteiger partial charge >= 0.3 is 0 Å². The van der Waals surface area contributed by atoms with Gasteiger partial charge in [0.15, 0.2) is 0 Å². The van der Waals surface area contributed by atoms with Crippen LogP contribution in [0.25, 0.3) is 0 Å². The third-order valence-corrected chi connectivity index (χ3v) is 5.31. The van der Waals surface area contributed by atoms with Gasteiger partial charge in [-0.05, 0) is 82.0 Å². The van der Waals surface area contributed by atoms with Crippen molar-refractivity contribution in [2.45, 2.75) is 12.8 Å². The molecular formula is C26H23IO2. The van der Waals surface area contributed by atoms with E-state index in [1.54, 1.807) is 18.2 Å². The number of hydrogen-bond acceptors (Lipinski definition) is 2. The van der Waals surface area contributed by atoms with Gasteiger partial charge in [-0.15, -0.1) is 0 Å². The second-order valence-corrected chi connectivity index (χ2v) is 7.94.